The van der Waals surface area contributed by atoms with Gasteiger partial charge in [0.1, 0.15) is 24.4 Å². The minimum absolute atomic E-state index is 0.135. The summed E-state index contributed by atoms with van der Waals surface area (Å²) in [7, 11) is 0. The second-order valence-electron chi connectivity index (χ2n) is 5.84. The van der Waals surface area contributed by atoms with Gasteiger partial charge in [0.15, 0.2) is 0 Å². The zero-order chi connectivity index (χ0) is 16.2. The summed E-state index contributed by atoms with van der Waals surface area (Å²) in [6.45, 7) is 0.945. The molecule has 2 aromatic carbocycles. The molecule has 4 rings (SSSR count). The number of rotatable bonds is 6. The van der Waals surface area contributed by atoms with Crippen LogP contribution in [0.4, 0.5) is 11.4 Å². The summed E-state index contributed by atoms with van der Waals surface area (Å²) >= 11 is 0. The van der Waals surface area contributed by atoms with E-state index in [0.717, 1.165) is 11.4 Å². The average molecular weight is 328 g/mol. The van der Waals surface area contributed by atoms with Gasteiger partial charge in [-0.05, 0) is 24.3 Å². The maximum atomic E-state index is 5.82. The van der Waals surface area contributed by atoms with E-state index in [1.807, 2.05) is 60.7 Å². The summed E-state index contributed by atoms with van der Waals surface area (Å²) in [6.07, 6.45) is -0.603. The molecule has 0 spiro atoms. The quantitative estimate of drug-likeness (QED) is 0.795. The number of anilines is 2. The summed E-state index contributed by atoms with van der Waals surface area (Å²) in [4.78, 5) is 11.5. The highest BCUT2D eigenvalue weighted by Crippen LogP contribution is 2.30. The van der Waals surface area contributed by atoms with Gasteiger partial charge in [0.25, 0.3) is 0 Å². The van der Waals surface area contributed by atoms with E-state index in [1.54, 1.807) is 0 Å². The SMILES string of the molecule is c1ccc(NOC2COC3C(ONc4ccccc4)COC23)cc1. The Balaban J connectivity index is 1.29. The third kappa shape index (κ3) is 3.37. The fraction of sp³-hybridized carbons (Fsp3) is 0.333. The van der Waals surface area contributed by atoms with Crippen molar-refractivity contribution in [2.75, 3.05) is 24.2 Å². The Morgan fingerprint density at radius 3 is 1.50 bits per heavy atom. The summed E-state index contributed by atoms with van der Waals surface area (Å²) in [5, 5.41) is 0. The lowest BCUT2D eigenvalue weighted by atomic mass is 10.1. The average Bonchev–Trinajstić information content (AvgIpc) is 3.22. The molecular formula is C18H20N2O4. The first-order valence-electron chi connectivity index (χ1n) is 8.07. The van der Waals surface area contributed by atoms with Crippen LogP contribution in [0.25, 0.3) is 0 Å². The van der Waals surface area contributed by atoms with Crippen molar-refractivity contribution >= 4 is 11.4 Å². The maximum Gasteiger partial charge on any atom is 0.137 e. The van der Waals surface area contributed by atoms with Crippen molar-refractivity contribution in [2.45, 2.75) is 24.4 Å². The van der Waals surface area contributed by atoms with Crippen molar-refractivity contribution in [1.29, 1.82) is 0 Å². The number of fused-ring (bicyclic) bond motifs is 1. The summed E-state index contributed by atoms with van der Waals surface area (Å²) in [6, 6.07) is 19.5. The molecule has 0 bridgehead atoms. The predicted molar refractivity (Wildman–Crippen MR) is 89.4 cm³/mol. The normalized spacial score (nSPS) is 28.5. The van der Waals surface area contributed by atoms with Gasteiger partial charge in [-0.1, -0.05) is 36.4 Å². The molecular weight excluding hydrogens is 308 g/mol. The molecule has 2 heterocycles. The van der Waals surface area contributed by atoms with E-state index in [9.17, 15) is 0 Å². The third-order valence-electron chi connectivity index (χ3n) is 4.17. The predicted octanol–water partition coefficient (Wildman–Crippen LogP) is 2.61. The van der Waals surface area contributed by atoms with E-state index in [0.29, 0.717) is 13.2 Å². The lowest BCUT2D eigenvalue weighted by Crippen LogP contribution is -2.35. The lowest BCUT2D eigenvalue weighted by Gasteiger charge is -2.18. The van der Waals surface area contributed by atoms with Crippen LogP contribution < -0.4 is 11.0 Å². The van der Waals surface area contributed by atoms with Crippen LogP contribution in [0.5, 0.6) is 0 Å². The molecule has 0 radical (unpaired) electrons. The molecule has 2 aromatic rings. The first kappa shape index (κ1) is 15.4. The van der Waals surface area contributed by atoms with Crippen LogP contribution in [-0.2, 0) is 19.1 Å². The molecule has 6 nitrogen and oxygen atoms in total. The summed E-state index contributed by atoms with van der Waals surface area (Å²) < 4.78 is 11.6. The van der Waals surface area contributed by atoms with Crippen molar-refractivity contribution in [3.05, 3.63) is 60.7 Å². The molecule has 2 aliphatic rings. The van der Waals surface area contributed by atoms with Gasteiger partial charge in [0, 0.05) is 0 Å². The van der Waals surface area contributed by atoms with Crippen LogP contribution in [0.1, 0.15) is 0 Å². The molecule has 6 heteroatoms. The Bertz CT molecular complexity index is 582. The Morgan fingerprint density at radius 1 is 0.667 bits per heavy atom. The van der Waals surface area contributed by atoms with Gasteiger partial charge in [0.05, 0.1) is 24.6 Å². The fourth-order valence-electron chi connectivity index (χ4n) is 2.93. The van der Waals surface area contributed by atoms with Crippen LogP contribution >= 0.6 is 0 Å². The Labute approximate surface area is 140 Å². The number of benzene rings is 2. The van der Waals surface area contributed by atoms with Crippen molar-refractivity contribution in [3.63, 3.8) is 0 Å². The van der Waals surface area contributed by atoms with Gasteiger partial charge in [0.2, 0.25) is 0 Å². The number of nitrogens with one attached hydrogen (secondary N) is 2. The molecule has 2 fully saturated rings. The van der Waals surface area contributed by atoms with Crippen molar-refractivity contribution in [2.24, 2.45) is 0 Å². The zero-order valence-corrected chi connectivity index (χ0v) is 13.1. The van der Waals surface area contributed by atoms with Crippen LogP contribution in [0, 0.1) is 0 Å². The van der Waals surface area contributed by atoms with Gasteiger partial charge in [-0.15, -0.1) is 0 Å². The van der Waals surface area contributed by atoms with Crippen molar-refractivity contribution < 1.29 is 19.1 Å². The largest absolute Gasteiger partial charge is 0.370 e. The van der Waals surface area contributed by atoms with Crippen LogP contribution in [0.2, 0.25) is 0 Å². The highest BCUT2D eigenvalue weighted by molar-refractivity contribution is 5.40. The van der Waals surface area contributed by atoms with Gasteiger partial charge >= 0.3 is 0 Å². The van der Waals surface area contributed by atoms with E-state index in [1.165, 1.54) is 0 Å². The lowest BCUT2D eigenvalue weighted by molar-refractivity contribution is -0.0277. The molecule has 2 N–H and O–H groups in total. The number of ether oxygens (including phenoxy) is 2. The molecule has 24 heavy (non-hydrogen) atoms. The van der Waals surface area contributed by atoms with E-state index in [2.05, 4.69) is 11.0 Å². The first-order valence-corrected chi connectivity index (χ1v) is 8.07. The standard InChI is InChI=1S/C18H20N2O4/c1-3-7-13(8-4-1)19-23-15-11-21-18-16(12-22-17(15)18)24-20-14-9-5-2-6-10-14/h1-10,15-20H,11-12H2. The summed E-state index contributed by atoms with van der Waals surface area (Å²) in [5.74, 6) is 0. The highest BCUT2D eigenvalue weighted by Gasteiger charge is 2.49. The second kappa shape index (κ2) is 7.19. The molecule has 0 saturated carbocycles. The number of para-hydroxylation sites is 2. The molecule has 0 aromatic heterocycles. The second-order valence-corrected chi connectivity index (χ2v) is 5.84. The van der Waals surface area contributed by atoms with E-state index >= 15 is 0 Å². The molecule has 2 saturated heterocycles. The Morgan fingerprint density at radius 2 is 1.08 bits per heavy atom. The summed E-state index contributed by atoms with van der Waals surface area (Å²) in [5.41, 5.74) is 7.71. The Kier molecular flexibility index (Phi) is 4.62. The van der Waals surface area contributed by atoms with E-state index in [4.69, 9.17) is 19.1 Å². The van der Waals surface area contributed by atoms with Gasteiger partial charge in [-0.25, -0.2) is 0 Å². The fourth-order valence-corrected chi connectivity index (χ4v) is 2.93. The number of hydrogen-bond donors (Lipinski definition) is 2. The number of hydrogen-bond acceptors (Lipinski definition) is 6. The zero-order valence-electron chi connectivity index (χ0n) is 13.1. The van der Waals surface area contributed by atoms with Crippen LogP contribution in [0.3, 0.4) is 0 Å². The van der Waals surface area contributed by atoms with Crippen molar-refractivity contribution in [1.82, 2.24) is 0 Å². The van der Waals surface area contributed by atoms with E-state index in [-0.39, 0.29) is 24.4 Å². The van der Waals surface area contributed by atoms with Crippen molar-refractivity contribution in [3.8, 4) is 0 Å². The smallest absolute Gasteiger partial charge is 0.137 e. The Hall–Kier alpha value is -2.12. The third-order valence-corrected chi connectivity index (χ3v) is 4.17. The van der Waals surface area contributed by atoms with Crippen LogP contribution in [0.15, 0.2) is 60.7 Å². The molecule has 4 unspecified atom stereocenters. The highest BCUT2D eigenvalue weighted by atomic mass is 16.7. The minimum atomic E-state index is -0.166. The van der Waals surface area contributed by atoms with Gasteiger partial charge in [-0.2, -0.15) is 0 Å². The molecule has 0 amide bonds. The first-order chi connectivity index (χ1) is 11.9. The maximum absolute atomic E-state index is 5.82. The molecule has 126 valence electrons. The minimum Gasteiger partial charge on any atom is -0.370 e. The van der Waals surface area contributed by atoms with Gasteiger partial charge in [-0.3, -0.25) is 20.6 Å². The van der Waals surface area contributed by atoms with Crippen LogP contribution in [-0.4, -0.2) is 37.6 Å². The molecule has 0 aliphatic carbocycles. The topological polar surface area (TPSA) is 61.0 Å². The monoisotopic (exact) mass is 328 g/mol. The molecule has 2 aliphatic heterocycles. The molecule has 4 atom stereocenters. The van der Waals surface area contributed by atoms with Gasteiger partial charge < -0.3 is 9.47 Å². The van der Waals surface area contributed by atoms with E-state index < -0.39 is 0 Å².